The highest BCUT2D eigenvalue weighted by atomic mass is 35.5. The van der Waals surface area contributed by atoms with Gasteiger partial charge in [0, 0.05) is 32.3 Å². The molecule has 0 saturated carbocycles. The maximum absolute atomic E-state index is 12.9. The van der Waals surface area contributed by atoms with E-state index >= 15 is 0 Å². The average molecular weight is 363 g/mol. The number of benzene rings is 1. The highest BCUT2D eigenvalue weighted by Crippen LogP contribution is 2.29. The first-order valence-corrected chi connectivity index (χ1v) is 8.61. The Morgan fingerprint density at radius 2 is 2.00 bits per heavy atom. The molecule has 0 aliphatic carbocycles. The van der Waals surface area contributed by atoms with Crippen LogP contribution in [0.4, 0.5) is 0 Å². The maximum Gasteiger partial charge on any atom is 0.225 e. The fraction of sp³-hybridized carbons (Fsp3) is 0.474. The number of rotatable bonds is 5. The molecule has 5 nitrogen and oxygen atoms in total. The lowest BCUT2D eigenvalue weighted by atomic mass is 9.89. The molecule has 2 aromatic rings. The summed E-state index contributed by atoms with van der Waals surface area (Å²) in [7, 11) is 1.91. The van der Waals surface area contributed by atoms with Crippen LogP contribution in [0.25, 0.3) is 0 Å². The van der Waals surface area contributed by atoms with E-state index in [2.05, 4.69) is 41.7 Å². The average Bonchev–Trinajstić information content (AvgIpc) is 3.21. The minimum absolute atomic E-state index is 0. The summed E-state index contributed by atoms with van der Waals surface area (Å²) in [5.41, 5.74) is 2.29. The highest BCUT2D eigenvalue weighted by molar-refractivity contribution is 5.85. The quantitative estimate of drug-likeness (QED) is 0.859. The van der Waals surface area contributed by atoms with E-state index < -0.39 is 0 Å². The molecule has 3 rings (SSSR count). The number of aromatic nitrogens is 2. The summed E-state index contributed by atoms with van der Waals surface area (Å²) in [6.45, 7) is 5.82. The molecule has 0 radical (unpaired) electrons. The smallest absolute Gasteiger partial charge is 0.225 e. The Bertz CT molecular complexity index is 686. The SMILES string of the molecule is CC(C)C(NC(=O)[C@H]1CNC[C@@H]1c1cnn(C)c1)c1ccccc1.Cl. The normalized spacial score (nSPS) is 21.0. The van der Waals surface area contributed by atoms with Crippen molar-refractivity contribution in [2.24, 2.45) is 18.9 Å². The van der Waals surface area contributed by atoms with Crippen LogP contribution in [0.2, 0.25) is 0 Å². The van der Waals surface area contributed by atoms with Gasteiger partial charge < -0.3 is 10.6 Å². The Morgan fingerprint density at radius 3 is 2.60 bits per heavy atom. The minimum atomic E-state index is -0.0563. The number of nitrogens with one attached hydrogen (secondary N) is 2. The number of aryl methyl sites for hydroxylation is 1. The van der Waals surface area contributed by atoms with Crippen LogP contribution in [0.1, 0.15) is 36.9 Å². The molecule has 136 valence electrons. The van der Waals surface area contributed by atoms with Gasteiger partial charge in [0.1, 0.15) is 0 Å². The first kappa shape index (κ1) is 19.5. The molecule has 1 aliphatic heterocycles. The molecule has 3 atom stereocenters. The second-order valence-corrected chi connectivity index (χ2v) is 6.96. The zero-order valence-corrected chi connectivity index (χ0v) is 15.8. The first-order chi connectivity index (χ1) is 11.6. The Balaban J connectivity index is 0.00000225. The molecule has 2 heterocycles. The van der Waals surface area contributed by atoms with Gasteiger partial charge in [-0.3, -0.25) is 9.48 Å². The summed E-state index contributed by atoms with van der Waals surface area (Å²) in [5, 5.41) is 10.9. The van der Waals surface area contributed by atoms with Crippen LogP contribution < -0.4 is 10.6 Å². The second kappa shape index (κ2) is 8.50. The second-order valence-electron chi connectivity index (χ2n) is 6.96. The van der Waals surface area contributed by atoms with Gasteiger partial charge in [-0.2, -0.15) is 5.10 Å². The number of carbonyl (C=O) groups is 1. The number of nitrogens with zero attached hydrogens (tertiary/aromatic N) is 2. The van der Waals surface area contributed by atoms with E-state index in [1.165, 1.54) is 0 Å². The van der Waals surface area contributed by atoms with Crippen molar-refractivity contribution in [2.45, 2.75) is 25.8 Å². The van der Waals surface area contributed by atoms with Crippen molar-refractivity contribution in [3.63, 3.8) is 0 Å². The van der Waals surface area contributed by atoms with E-state index in [4.69, 9.17) is 0 Å². The van der Waals surface area contributed by atoms with E-state index in [9.17, 15) is 4.79 Å². The van der Waals surface area contributed by atoms with Crippen LogP contribution in [0.3, 0.4) is 0 Å². The van der Waals surface area contributed by atoms with E-state index in [-0.39, 0.29) is 36.2 Å². The lowest BCUT2D eigenvalue weighted by Crippen LogP contribution is -2.38. The molecule has 1 amide bonds. The van der Waals surface area contributed by atoms with Gasteiger partial charge in [-0.05, 0) is 17.0 Å². The summed E-state index contributed by atoms with van der Waals surface area (Å²) in [5.74, 6) is 0.584. The lowest BCUT2D eigenvalue weighted by molar-refractivity contribution is -0.125. The number of halogens is 1. The molecule has 1 aromatic carbocycles. The van der Waals surface area contributed by atoms with Crippen molar-refractivity contribution >= 4 is 18.3 Å². The number of carbonyl (C=O) groups excluding carboxylic acids is 1. The fourth-order valence-corrected chi connectivity index (χ4v) is 3.49. The zero-order valence-electron chi connectivity index (χ0n) is 15.0. The van der Waals surface area contributed by atoms with Crippen LogP contribution in [0.5, 0.6) is 0 Å². The fourth-order valence-electron chi connectivity index (χ4n) is 3.49. The molecule has 2 N–H and O–H groups in total. The molecular weight excluding hydrogens is 336 g/mol. The monoisotopic (exact) mass is 362 g/mol. The van der Waals surface area contributed by atoms with E-state index in [0.29, 0.717) is 12.5 Å². The third-order valence-corrected chi connectivity index (χ3v) is 4.83. The Kier molecular flexibility index (Phi) is 6.62. The van der Waals surface area contributed by atoms with Gasteiger partial charge in [0.2, 0.25) is 5.91 Å². The highest BCUT2D eigenvalue weighted by Gasteiger charge is 2.35. The zero-order chi connectivity index (χ0) is 17.1. The van der Waals surface area contributed by atoms with Gasteiger partial charge in [-0.1, -0.05) is 44.2 Å². The molecule has 25 heavy (non-hydrogen) atoms. The van der Waals surface area contributed by atoms with Crippen molar-refractivity contribution in [1.82, 2.24) is 20.4 Å². The van der Waals surface area contributed by atoms with E-state index in [1.807, 2.05) is 37.6 Å². The van der Waals surface area contributed by atoms with Gasteiger partial charge in [-0.25, -0.2) is 0 Å². The number of amides is 1. The topological polar surface area (TPSA) is 59.0 Å². The van der Waals surface area contributed by atoms with Crippen molar-refractivity contribution in [1.29, 1.82) is 0 Å². The Hall–Kier alpha value is -1.85. The van der Waals surface area contributed by atoms with Crippen molar-refractivity contribution < 1.29 is 4.79 Å². The lowest BCUT2D eigenvalue weighted by Gasteiger charge is -2.26. The van der Waals surface area contributed by atoms with Crippen molar-refractivity contribution in [2.75, 3.05) is 13.1 Å². The third-order valence-electron chi connectivity index (χ3n) is 4.83. The van der Waals surface area contributed by atoms with Crippen LogP contribution in [0.15, 0.2) is 42.7 Å². The minimum Gasteiger partial charge on any atom is -0.349 e. The molecule has 1 fully saturated rings. The maximum atomic E-state index is 12.9. The molecule has 0 bridgehead atoms. The predicted molar refractivity (Wildman–Crippen MR) is 102 cm³/mol. The van der Waals surface area contributed by atoms with Gasteiger partial charge >= 0.3 is 0 Å². The molecule has 6 heteroatoms. The Morgan fingerprint density at radius 1 is 1.28 bits per heavy atom. The van der Waals surface area contributed by atoms with E-state index in [0.717, 1.165) is 17.7 Å². The predicted octanol–water partition coefficient (Wildman–Crippen LogP) is 2.66. The largest absolute Gasteiger partial charge is 0.349 e. The van der Waals surface area contributed by atoms with Crippen molar-refractivity contribution in [3.05, 3.63) is 53.9 Å². The third kappa shape index (κ3) is 4.41. The number of hydrogen-bond acceptors (Lipinski definition) is 3. The molecule has 1 aliphatic rings. The summed E-state index contributed by atoms with van der Waals surface area (Å²) < 4.78 is 1.80. The van der Waals surface area contributed by atoms with Gasteiger partial charge in [0.15, 0.2) is 0 Å². The van der Waals surface area contributed by atoms with Crippen LogP contribution >= 0.6 is 12.4 Å². The van der Waals surface area contributed by atoms with Gasteiger partial charge in [0.05, 0.1) is 18.2 Å². The van der Waals surface area contributed by atoms with Gasteiger partial charge in [-0.15, -0.1) is 12.4 Å². The summed E-state index contributed by atoms with van der Waals surface area (Å²) in [6, 6.07) is 10.2. The summed E-state index contributed by atoms with van der Waals surface area (Å²) >= 11 is 0. The molecule has 1 saturated heterocycles. The summed E-state index contributed by atoms with van der Waals surface area (Å²) in [4.78, 5) is 12.9. The van der Waals surface area contributed by atoms with Crippen LogP contribution in [-0.4, -0.2) is 28.8 Å². The summed E-state index contributed by atoms with van der Waals surface area (Å²) in [6.07, 6.45) is 3.88. The number of hydrogen-bond donors (Lipinski definition) is 2. The standard InChI is InChI=1S/C19H26N4O.ClH/c1-13(2)18(14-7-5-4-6-8-14)22-19(24)17-11-20-10-16(17)15-9-21-23(3)12-15;/h4-9,12-13,16-18,20H,10-11H2,1-3H3,(H,22,24);1H/t16-,17+,18?;/m1./s1. The van der Waals surface area contributed by atoms with Crippen LogP contribution in [0, 0.1) is 11.8 Å². The van der Waals surface area contributed by atoms with E-state index in [1.54, 1.807) is 4.68 Å². The van der Waals surface area contributed by atoms with Crippen LogP contribution in [-0.2, 0) is 11.8 Å². The molecule has 0 spiro atoms. The first-order valence-electron chi connectivity index (χ1n) is 8.61. The van der Waals surface area contributed by atoms with Gasteiger partial charge in [0.25, 0.3) is 0 Å². The molecule has 1 unspecified atom stereocenters. The van der Waals surface area contributed by atoms with Crippen molar-refractivity contribution in [3.8, 4) is 0 Å². The molecular formula is C19H27ClN4O. The Labute approximate surface area is 155 Å². The molecule has 1 aromatic heterocycles.